The van der Waals surface area contributed by atoms with Crippen LogP contribution in [0.4, 0.5) is 4.79 Å². The molecule has 0 fully saturated rings. The van der Waals surface area contributed by atoms with E-state index in [0.29, 0.717) is 0 Å². The number of hydrogen-bond acceptors (Lipinski definition) is 4. The largest absolute Gasteiger partial charge is 0.448 e. The Balaban J connectivity index is 2.41. The summed E-state index contributed by atoms with van der Waals surface area (Å²) in [5, 5.41) is 0.285. The van der Waals surface area contributed by atoms with Crippen LogP contribution in [0.15, 0.2) is 18.2 Å². The molecule has 0 radical (unpaired) electrons. The number of halogens is 1. The second-order valence-electron chi connectivity index (χ2n) is 2.22. The standard InChI is InChI=1S/C8H9ClN2O3/c1-2-13-8(12)11-14-7-5-3-4-6(9)10-7/h3-5H,2H2,1H3,(H,11,12). The van der Waals surface area contributed by atoms with Gasteiger partial charge in [-0.3, -0.25) is 0 Å². The Kier molecular flexibility index (Phi) is 4.00. The van der Waals surface area contributed by atoms with Gasteiger partial charge in [0.25, 0.3) is 0 Å². The maximum atomic E-state index is 10.8. The monoisotopic (exact) mass is 216 g/mol. The molecule has 0 aliphatic rings. The number of ether oxygens (including phenoxy) is 1. The Hall–Kier alpha value is -1.49. The molecule has 0 aromatic carbocycles. The molecule has 1 aromatic rings. The van der Waals surface area contributed by atoms with Crippen molar-refractivity contribution in [1.29, 1.82) is 0 Å². The van der Waals surface area contributed by atoms with Crippen LogP contribution in [0.2, 0.25) is 5.15 Å². The van der Waals surface area contributed by atoms with Crippen molar-refractivity contribution in [3.8, 4) is 5.88 Å². The summed E-state index contributed by atoms with van der Waals surface area (Å²) in [6, 6.07) is 4.80. The Morgan fingerprint density at radius 3 is 3.07 bits per heavy atom. The molecule has 0 aliphatic carbocycles. The highest BCUT2D eigenvalue weighted by Gasteiger charge is 2.01. The second-order valence-corrected chi connectivity index (χ2v) is 2.61. The molecule has 1 heterocycles. The molecule has 0 saturated carbocycles. The molecule has 1 N–H and O–H groups in total. The van der Waals surface area contributed by atoms with Gasteiger partial charge in [0.15, 0.2) is 0 Å². The van der Waals surface area contributed by atoms with E-state index in [9.17, 15) is 4.79 Å². The zero-order chi connectivity index (χ0) is 10.4. The first-order chi connectivity index (χ1) is 6.72. The molecule has 76 valence electrons. The number of pyridine rings is 1. The van der Waals surface area contributed by atoms with Crippen LogP contribution in [0.25, 0.3) is 0 Å². The van der Waals surface area contributed by atoms with Crippen LogP contribution in [-0.2, 0) is 4.74 Å². The fourth-order valence-corrected chi connectivity index (χ4v) is 0.857. The van der Waals surface area contributed by atoms with Gasteiger partial charge in [0.05, 0.1) is 6.61 Å². The van der Waals surface area contributed by atoms with Gasteiger partial charge in [-0.2, -0.15) is 10.5 Å². The SMILES string of the molecule is CCOC(=O)NOc1cccc(Cl)n1. The zero-order valence-electron chi connectivity index (χ0n) is 7.49. The molecule has 5 nitrogen and oxygen atoms in total. The Labute approximate surface area is 85.9 Å². The number of aromatic nitrogens is 1. The van der Waals surface area contributed by atoms with Gasteiger partial charge in [0.2, 0.25) is 5.88 Å². The number of carbonyl (C=O) groups excluding carboxylic acids is 1. The summed E-state index contributed by atoms with van der Waals surface area (Å²) < 4.78 is 4.56. The Morgan fingerprint density at radius 2 is 2.43 bits per heavy atom. The summed E-state index contributed by atoms with van der Waals surface area (Å²) >= 11 is 5.59. The molecule has 0 bridgehead atoms. The van der Waals surface area contributed by atoms with Crippen molar-refractivity contribution in [2.45, 2.75) is 6.92 Å². The van der Waals surface area contributed by atoms with Crippen LogP contribution in [0.1, 0.15) is 6.92 Å². The van der Waals surface area contributed by atoms with Gasteiger partial charge in [-0.15, -0.1) is 0 Å². The fourth-order valence-electron chi connectivity index (χ4n) is 0.701. The van der Waals surface area contributed by atoms with Gasteiger partial charge in [-0.1, -0.05) is 17.7 Å². The van der Waals surface area contributed by atoms with E-state index in [1.54, 1.807) is 25.1 Å². The minimum absolute atomic E-state index is 0.200. The maximum Gasteiger partial charge on any atom is 0.440 e. The number of nitrogens with zero attached hydrogens (tertiary/aromatic N) is 1. The van der Waals surface area contributed by atoms with E-state index in [1.165, 1.54) is 0 Å². The van der Waals surface area contributed by atoms with Crippen LogP contribution >= 0.6 is 11.6 Å². The first kappa shape index (κ1) is 10.6. The van der Waals surface area contributed by atoms with Crippen molar-refractivity contribution in [2.24, 2.45) is 0 Å². The molecule has 0 atom stereocenters. The van der Waals surface area contributed by atoms with Gasteiger partial charge < -0.3 is 9.57 Å². The number of hydroxylamine groups is 1. The van der Waals surface area contributed by atoms with E-state index < -0.39 is 6.09 Å². The molecule has 6 heteroatoms. The second kappa shape index (κ2) is 5.29. The number of nitrogens with one attached hydrogen (secondary N) is 1. The van der Waals surface area contributed by atoms with Crippen LogP contribution in [-0.4, -0.2) is 17.7 Å². The first-order valence-corrected chi connectivity index (χ1v) is 4.32. The van der Waals surface area contributed by atoms with Gasteiger partial charge in [0, 0.05) is 6.07 Å². The molecule has 0 spiro atoms. The third-order valence-electron chi connectivity index (χ3n) is 1.20. The van der Waals surface area contributed by atoms with Crippen molar-refractivity contribution in [3.05, 3.63) is 23.4 Å². The smallest absolute Gasteiger partial charge is 0.440 e. The highest BCUT2D eigenvalue weighted by Crippen LogP contribution is 2.10. The van der Waals surface area contributed by atoms with E-state index in [0.717, 1.165) is 0 Å². The summed E-state index contributed by atoms with van der Waals surface area (Å²) in [6.45, 7) is 1.97. The highest BCUT2D eigenvalue weighted by atomic mass is 35.5. The number of carbonyl (C=O) groups is 1. The predicted octanol–water partition coefficient (Wildman–Crippen LogP) is 1.77. The summed E-state index contributed by atoms with van der Waals surface area (Å²) in [5.74, 6) is 0.200. The summed E-state index contributed by atoms with van der Waals surface area (Å²) in [5.41, 5.74) is 2.04. The van der Waals surface area contributed by atoms with Crippen molar-refractivity contribution < 1.29 is 14.4 Å². The topological polar surface area (TPSA) is 60.5 Å². The van der Waals surface area contributed by atoms with Crippen molar-refractivity contribution in [3.63, 3.8) is 0 Å². The lowest BCUT2D eigenvalue weighted by atomic mass is 10.5. The third-order valence-corrected chi connectivity index (χ3v) is 1.41. The molecule has 1 rings (SSSR count). The highest BCUT2D eigenvalue weighted by molar-refractivity contribution is 6.29. The van der Waals surface area contributed by atoms with Gasteiger partial charge in [-0.05, 0) is 13.0 Å². The molecular weight excluding hydrogens is 208 g/mol. The molecule has 1 amide bonds. The van der Waals surface area contributed by atoms with Crippen molar-refractivity contribution >= 4 is 17.7 Å². The molecule has 0 aliphatic heterocycles. The minimum atomic E-state index is -0.672. The predicted molar refractivity (Wildman–Crippen MR) is 50.0 cm³/mol. The molecule has 1 aromatic heterocycles. The lowest BCUT2D eigenvalue weighted by molar-refractivity contribution is 0.102. The van der Waals surface area contributed by atoms with Gasteiger partial charge in [-0.25, -0.2) is 4.79 Å². The lowest BCUT2D eigenvalue weighted by Gasteiger charge is -2.05. The maximum absolute atomic E-state index is 10.8. The molecular formula is C8H9ClN2O3. The number of amides is 1. The summed E-state index contributed by atoms with van der Waals surface area (Å²) in [7, 11) is 0. The average molecular weight is 217 g/mol. The van der Waals surface area contributed by atoms with Crippen LogP contribution in [0.5, 0.6) is 5.88 Å². The van der Waals surface area contributed by atoms with Crippen LogP contribution in [0.3, 0.4) is 0 Å². The molecule has 0 unspecified atom stereocenters. The summed E-state index contributed by atoms with van der Waals surface area (Å²) in [6.07, 6.45) is -0.672. The van der Waals surface area contributed by atoms with Crippen LogP contribution < -0.4 is 10.3 Å². The molecule has 0 saturated heterocycles. The van der Waals surface area contributed by atoms with E-state index >= 15 is 0 Å². The Bertz CT molecular complexity index is 319. The third kappa shape index (κ3) is 3.49. The van der Waals surface area contributed by atoms with Crippen molar-refractivity contribution in [2.75, 3.05) is 6.61 Å². The zero-order valence-corrected chi connectivity index (χ0v) is 8.25. The lowest BCUT2D eigenvalue weighted by Crippen LogP contribution is -2.27. The quantitative estimate of drug-likeness (QED) is 0.618. The van der Waals surface area contributed by atoms with Gasteiger partial charge >= 0.3 is 6.09 Å². The fraction of sp³-hybridized carbons (Fsp3) is 0.250. The van der Waals surface area contributed by atoms with E-state index in [4.69, 9.17) is 16.4 Å². The normalized spacial score (nSPS) is 9.29. The number of hydrogen-bond donors (Lipinski definition) is 1. The van der Waals surface area contributed by atoms with Crippen LogP contribution in [0, 0.1) is 0 Å². The number of rotatable bonds is 3. The molecule has 14 heavy (non-hydrogen) atoms. The van der Waals surface area contributed by atoms with E-state index in [2.05, 4.69) is 9.72 Å². The first-order valence-electron chi connectivity index (χ1n) is 3.94. The van der Waals surface area contributed by atoms with E-state index in [-0.39, 0.29) is 17.6 Å². The average Bonchev–Trinajstić information content (AvgIpc) is 2.15. The van der Waals surface area contributed by atoms with E-state index in [1.807, 2.05) is 5.48 Å². The van der Waals surface area contributed by atoms with Crippen molar-refractivity contribution in [1.82, 2.24) is 10.5 Å². The summed E-state index contributed by atoms with van der Waals surface area (Å²) in [4.78, 5) is 19.3. The van der Waals surface area contributed by atoms with Gasteiger partial charge in [0.1, 0.15) is 5.15 Å². The Morgan fingerprint density at radius 1 is 1.64 bits per heavy atom. The minimum Gasteiger partial charge on any atom is -0.448 e.